The minimum absolute atomic E-state index is 0.440. The molecule has 2 heterocycles. The standard InChI is InChI=1S/C15H22N4OS/c1-4-19(10-12-7-6-8-21-12)15-9-13(16-3)17-14(18-15)11-20-5-2/h6-9H,4-5,10-11H2,1-3H3,(H,16,17,18). The molecule has 0 atom stereocenters. The van der Waals surface area contributed by atoms with Gasteiger partial charge in [0, 0.05) is 31.1 Å². The van der Waals surface area contributed by atoms with Crippen molar-refractivity contribution in [2.45, 2.75) is 27.0 Å². The van der Waals surface area contributed by atoms with E-state index >= 15 is 0 Å². The molecule has 2 aromatic rings. The third kappa shape index (κ3) is 4.41. The third-order valence-corrected chi connectivity index (χ3v) is 3.94. The van der Waals surface area contributed by atoms with Crippen LogP contribution in [0.3, 0.4) is 0 Å². The van der Waals surface area contributed by atoms with Crippen LogP contribution in [0.15, 0.2) is 23.6 Å². The first kappa shape index (κ1) is 15.7. The zero-order valence-corrected chi connectivity index (χ0v) is 13.6. The Morgan fingerprint density at radius 3 is 2.81 bits per heavy atom. The van der Waals surface area contributed by atoms with Gasteiger partial charge >= 0.3 is 0 Å². The molecule has 5 nitrogen and oxygen atoms in total. The average Bonchev–Trinajstić information content (AvgIpc) is 3.03. The van der Waals surface area contributed by atoms with Crippen molar-refractivity contribution in [2.75, 3.05) is 30.4 Å². The highest BCUT2D eigenvalue weighted by atomic mass is 32.1. The van der Waals surface area contributed by atoms with Gasteiger partial charge in [0.2, 0.25) is 0 Å². The fourth-order valence-electron chi connectivity index (χ4n) is 1.98. The molecule has 0 unspecified atom stereocenters. The number of thiophene rings is 1. The third-order valence-electron chi connectivity index (χ3n) is 3.08. The van der Waals surface area contributed by atoms with Gasteiger partial charge in [0.25, 0.3) is 0 Å². The summed E-state index contributed by atoms with van der Waals surface area (Å²) in [6, 6.07) is 6.20. The summed E-state index contributed by atoms with van der Waals surface area (Å²) in [6.07, 6.45) is 0. The number of hydrogen-bond donors (Lipinski definition) is 1. The molecule has 2 aromatic heterocycles. The van der Waals surface area contributed by atoms with Gasteiger partial charge in [0.15, 0.2) is 5.82 Å². The van der Waals surface area contributed by atoms with E-state index in [-0.39, 0.29) is 0 Å². The Hall–Kier alpha value is -1.66. The SMILES string of the molecule is CCOCc1nc(NC)cc(N(CC)Cc2cccs2)n1. The van der Waals surface area contributed by atoms with Crippen LogP contribution in [0.2, 0.25) is 0 Å². The van der Waals surface area contributed by atoms with Gasteiger partial charge in [0.1, 0.15) is 18.2 Å². The Morgan fingerprint density at radius 1 is 1.33 bits per heavy atom. The second-order valence-corrected chi connectivity index (χ2v) is 5.54. The van der Waals surface area contributed by atoms with Gasteiger partial charge in [-0.1, -0.05) is 6.07 Å². The quantitative estimate of drug-likeness (QED) is 0.812. The largest absolute Gasteiger partial charge is 0.374 e. The molecule has 0 saturated heterocycles. The van der Waals surface area contributed by atoms with Gasteiger partial charge in [-0.05, 0) is 25.3 Å². The van der Waals surface area contributed by atoms with Crippen LogP contribution in [0.1, 0.15) is 24.5 Å². The maximum Gasteiger partial charge on any atom is 0.158 e. The number of nitrogens with one attached hydrogen (secondary N) is 1. The molecule has 6 heteroatoms. The lowest BCUT2D eigenvalue weighted by atomic mass is 10.3. The first-order valence-electron chi connectivity index (χ1n) is 7.17. The van der Waals surface area contributed by atoms with E-state index in [2.05, 4.69) is 44.6 Å². The van der Waals surface area contributed by atoms with E-state index in [1.165, 1.54) is 4.88 Å². The first-order chi connectivity index (χ1) is 10.3. The number of nitrogens with zero attached hydrogens (tertiary/aromatic N) is 3. The van der Waals surface area contributed by atoms with Crippen LogP contribution >= 0.6 is 11.3 Å². The zero-order chi connectivity index (χ0) is 15.1. The molecule has 0 aliphatic rings. The Bertz CT molecular complexity index is 545. The van der Waals surface area contributed by atoms with Crippen LogP contribution in [0.5, 0.6) is 0 Å². The summed E-state index contributed by atoms with van der Waals surface area (Å²) in [6.45, 7) is 6.97. The predicted octanol–water partition coefficient (Wildman–Crippen LogP) is 3.14. The second-order valence-electron chi connectivity index (χ2n) is 4.51. The van der Waals surface area contributed by atoms with Gasteiger partial charge in [-0.25, -0.2) is 9.97 Å². The van der Waals surface area contributed by atoms with E-state index in [9.17, 15) is 0 Å². The summed E-state index contributed by atoms with van der Waals surface area (Å²) in [5, 5.41) is 5.19. The smallest absolute Gasteiger partial charge is 0.158 e. The summed E-state index contributed by atoms with van der Waals surface area (Å²) in [4.78, 5) is 12.6. The number of hydrogen-bond acceptors (Lipinski definition) is 6. The minimum Gasteiger partial charge on any atom is -0.374 e. The number of anilines is 2. The molecule has 1 N–H and O–H groups in total. The van der Waals surface area contributed by atoms with Crippen molar-refractivity contribution in [2.24, 2.45) is 0 Å². The summed E-state index contributed by atoms with van der Waals surface area (Å²) >= 11 is 1.76. The molecule has 0 aliphatic carbocycles. The van der Waals surface area contributed by atoms with E-state index < -0.39 is 0 Å². The van der Waals surface area contributed by atoms with Crippen molar-refractivity contribution in [3.05, 3.63) is 34.3 Å². The lowest BCUT2D eigenvalue weighted by molar-refractivity contribution is 0.128. The summed E-state index contributed by atoms with van der Waals surface area (Å²) in [7, 11) is 1.87. The molecular formula is C15H22N4OS. The molecule has 0 fully saturated rings. The lowest BCUT2D eigenvalue weighted by Crippen LogP contribution is -2.23. The molecule has 0 bridgehead atoms. The molecule has 0 spiro atoms. The molecule has 2 rings (SSSR count). The monoisotopic (exact) mass is 306 g/mol. The maximum absolute atomic E-state index is 5.42. The van der Waals surface area contributed by atoms with Crippen molar-refractivity contribution in [3.8, 4) is 0 Å². The van der Waals surface area contributed by atoms with E-state index in [0.29, 0.717) is 19.0 Å². The fourth-order valence-corrected chi connectivity index (χ4v) is 2.70. The summed E-state index contributed by atoms with van der Waals surface area (Å²) in [5.74, 6) is 2.46. The van der Waals surface area contributed by atoms with Crippen LogP contribution in [-0.4, -0.2) is 30.2 Å². The summed E-state index contributed by atoms with van der Waals surface area (Å²) < 4.78 is 5.42. The van der Waals surface area contributed by atoms with Gasteiger partial charge in [0.05, 0.1) is 6.54 Å². The normalized spacial score (nSPS) is 10.6. The molecular weight excluding hydrogens is 284 g/mol. The lowest BCUT2D eigenvalue weighted by Gasteiger charge is -2.22. The highest BCUT2D eigenvalue weighted by molar-refractivity contribution is 7.09. The van der Waals surface area contributed by atoms with Crippen molar-refractivity contribution >= 4 is 23.0 Å². The van der Waals surface area contributed by atoms with E-state index in [1.807, 2.05) is 20.0 Å². The van der Waals surface area contributed by atoms with Crippen LogP contribution < -0.4 is 10.2 Å². The maximum atomic E-state index is 5.42. The average molecular weight is 306 g/mol. The minimum atomic E-state index is 0.440. The van der Waals surface area contributed by atoms with Gasteiger partial charge < -0.3 is 15.0 Å². The van der Waals surface area contributed by atoms with Gasteiger partial charge in [-0.15, -0.1) is 11.3 Å². The van der Waals surface area contributed by atoms with E-state index in [1.54, 1.807) is 11.3 Å². The number of aromatic nitrogens is 2. The van der Waals surface area contributed by atoms with Crippen LogP contribution in [0.4, 0.5) is 11.6 Å². The first-order valence-corrected chi connectivity index (χ1v) is 8.05. The van der Waals surface area contributed by atoms with E-state index in [4.69, 9.17) is 4.74 Å². The summed E-state index contributed by atoms with van der Waals surface area (Å²) in [5.41, 5.74) is 0. The molecule has 0 amide bonds. The Kier molecular flexibility index (Phi) is 5.95. The fraction of sp³-hybridized carbons (Fsp3) is 0.467. The van der Waals surface area contributed by atoms with Crippen LogP contribution in [0, 0.1) is 0 Å². The Labute approximate surface area is 130 Å². The predicted molar refractivity (Wildman–Crippen MR) is 88.0 cm³/mol. The molecule has 0 aliphatic heterocycles. The number of rotatable bonds is 8. The molecule has 21 heavy (non-hydrogen) atoms. The Balaban J connectivity index is 2.22. The van der Waals surface area contributed by atoms with E-state index in [0.717, 1.165) is 24.7 Å². The van der Waals surface area contributed by atoms with Gasteiger partial charge in [-0.3, -0.25) is 0 Å². The van der Waals surface area contributed by atoms with Crippen molar-refractivity contribution in [1.82, 2.24) is 9.97 Å². The molecule has 114 valence electrons. The Morgan fingerprint density at radius 2 is 2.19 bits per heavy atom. The van der Waals surface area contributed by atoms with Crippen molar-refractivity contribution < 1.29 is 4.74 Å². The zero-order valence-electron chi connectivity index (χ0n) is 12.8. The molecule has 0 saturated carbocycles. The highest BCUT2D eigenvalue weighted by Crippen LogP contribution is 2.20. The van der Waals surface area contributed by atoms with Crippen LogP contribution in [0.25, 0.3) is 0 Å². The molecule has 0 aromatic carbocycles. The van der Waals surface area contributed by atoms with Crippen molar-refractivity contribution in [1.29, 1.82) is 0 Å². The number of ether oxygens (including phenoxy) is 1. The van der Waals surface area contributed by atoms with Crippen molar-refractivity contribution in [3.63, 3.8) is 0 Å². The second kappa shape index (κ2) is 7.95. The highest BCUT2D eigenvalue weighted by Gasteiger charge is 2.11. The topological polar surface area (TPSA) is 50.3 Å². The molecule has 0 radical (unpaired) electrons. The van der Waals surface area contributed by atoms with Gasteiger partial charge in [-0.2, -0.15) is 0 Å². The van der Waals surface area contributed by atoms with Crippen LogP contribution in [-0.2, 0) is 17.9 Å².